The topological polar surface area (TPSA) is 65.1 Å². The van der Waals surface area contributed by atoms with Crippen LogP contribution in [0.4, 0.5) is 13.2 Å². The molecule has 0 aliphatic heterocycles. The molecular formula is C24H15ClF3N5O. The lowest BCUT2D eigenvalue weighted by Gasteiger charge is -2.10. The average Bonchev–Trinajstić information content (AvgIpc) is 3.14. The van der Waals surface area contributed by atoms with Crippen molar-refractivity contribution in [1.82, 2.24) is 24.4 Å². The molecule has 5 rings (SSSR count). The van der Waals surface area contributed by atoms with Crippen LogP contribution in [0.3, 0.4) is 0 Å². The quantitative estimate of drug-likeness (QED) is 0.347. The van der Waals surface area contributed by atoms with E-state index in [1.54, 1.807) is 30.6 Å². The van der Waals surface area contributed by atoms with Gasteiger partial charge in [0.1, 0.15) is 0 Å². The molecule has 0 aliphatic carbocycles. The lowest BCUT2D eigenvalue weighted by molar-refractivity contribution is -0.137. The molecule has 0 aliphatic rings. The summed E-state index contributed by atoms with van der Waals surface area (Å²) in [5.41, 5.74) is 2.22. The van der Waals surface area contributed by atoms with Gasteiger partial charge in [0.05, 0.1) is 24.0 Å². The van der Waals surface area contributed by atoms with Crippen LogP contribution in [-0.2, 0) is 12.7 Å². The van der Waals surface area contributed by atoms with E-state index >= 15 is 0 Å². The van der Waals surface area contributed by atoms with Gasteiger partial charge in [0, 0.05) is 22.3 Å². The highest BCUT2D eigenvalue weighted by atomic mass is 35.5. The first kappa shape index (κ1) is 21.8. The summed E-state index contributed by atoms with van der Waals surface area (Å²) >= 11 is 6.06. The van der Waals surface area contributed by atoms with Crippen molar-refractivity contribution in [2.24, 2.45) is 0 Å². The minimum atomic E-state index is -4.43. The van der Waals surface area contributed by atoms with Crippen LogP contribution in [-0.4, -0.2) is 24.4 Å². The predicted molar refractivity (Wildman–Crippen MR) is 121 cm³/mol. The zero-order valence-corrected chi connectivity index (χ0v) is 18.1. The van der Waals surface area contributed by atoms with E-state index in [1.165, 1.54) is 21.3 Å². The summed E-state index contributed by atoms with van der Waals surface area (Å²) in [6, 6.07) is 17.1. The molecule has 0 saturated heterocycles. The number of hydrogen-bond donors (Lipinski definition) is 0. The zero-order valence-electron chi connectivity index (χ0n) is 17.4. The van der Waals surface area contributed by atoms with E-state index in [0.29, 0.717) is 33.1 Å². The molecule has 10 heteroatoms. The summed E-state index contributed by atoms with van der Waals surface area (Å²) in [6.45, 7) is -0.0146. The first-order valence-corrected chi connectivity index (χ1v) is 10.5. The van der Waals surface area contributed by atoms with Crippen molar-refractivity contribution in [3.63, 3.8) is 0 Å². The molecule has 0 atom stereocenters. The van der Waals surface area contributed by atoms with Crippen LogP contribution < -0.4 is 5.69 Å². The van der Waals surface area contributed by atoms with Crippen LogP contribution in [0.2, 0.25) is 5.02 Å². The minimum Gasteiger partial charge on any atom is -0.256 e. The molecule has 0 radical (unpaired) electrons. The molecule has 6 nitrogen and oxygen atoms in total. The normalized spacial score (nSPS) is 11.8. The number of pyridine rings is 1. The number of halogens is 4. The molecule has 0 N–H and O–H groups in total. The molecule has 2 aromatic carbocycles. The Kier molecular flexibility index (Phi) is 5.41. The maximum absolute atomic E-state index is 13.0. The third-order valence-electron chi connectivity index (χ3n) is 5.30. The number of rotatable bonds is 4. The van der Waals surface area contributed by atoms with E-state index in [0.717, 1.165) is 17.7 Å². The van der Waals surface area contributed by atoms with Crippen LogP contribution in [0.1, 0.15) is 11.1 Å². The van der Waals surface area contributed by atoms with Crippen LogP contribution >= 0.6 is 11.6 Å². The molecule has 0 unspecified atom stereocenters. The maximum Gasteiger partial charge on any atom is 0.416 e. The lowest BCUT2D eigenvalue weighted by atomic mass is 10.00. The number of aromatic nitrogens is 5. The summed E-state index contributed by atoms with van der Waals surface area (Å²) in [5, 5.41) is 9.31. The molecular weight excluding hydrogens is 467 g/mol. The van der Waals surface area contributed by atoms with E-state index in [1.807, 2.05) is 24.3 Å². The number of hydrogen-bond acceptors (Lipinski definition) is 4. The maximum atomic E-state index is 13.0. The number of nitrogens with zero attached hydrogens (tertiary/aromatic N) is 5. The van der Waals surface area contributed by atoms with Gasteiger partial charge in [-0.05, 0) is 47.5 Å². The van der Waals surface area contributed by atoms with Crippen molar-refractivity contribution in [2.45, 2.75) is 12.7 Å². The summed E-state index contributed by atoms with van der Waals surface area (Å²) in [4.78, 5) is 17.4. The number of benzene rings is 2. The van der Waals surface area contributed by atoms with Crippen molar-refractivity contribution in [1.29, 1.82) is 0 Å². The Hall–Kier alpha value is -3.98. The van der Waals surface area contributed by atoms with Gasteiger partial charge in [-0.15, -0.1) is 5.10 Å². The SMILES string of the molecule is O=c1n(Cc2ccc(C(F)(F)F)cc2)nc2c(-c3ccc(Cl)cc3)c(-c3ccccn3)cnn12. The molecule has 0 saturated carbocycles. The van der Waals surface area contributed by atoms with E-state index in [9.17, 15) is 18.0 Å². The van der Waals surface area contributed by atoms with Crippen molar-refractivity contribution in [3.05, 3.63) is 106 Å². The fourth-order valence-electron chi connectivity index (χ4n) is 3.65. The van der Waals surface area contributed by atoms with Crippen LogP contribution in [0.15, 0.2) is 83.9 Å². The van der Waals surface area contributed by atoms with Crippen molar-refractivity contribution in [2.75, 3.05) is 0 Å². The second kappa shape index (κ2) is 8.42. The van der Waals surface area contributed by atoms with Gasteiger partial charge in [-0.25, -0.2) is 9.48 Å². The van der Waals surface area contributed by atoms with Gasteiger partial charge in [0.2, 0.25) is 0 Å². The number of fused-ring (bicyclic) bond motifs is 1. The Morgan fingerprint density at radius 2 is 1.68 bits per heavy atom. The smallest absolute Gasteiger partial charge is 0.256 e. The summed E-state index contributed by atoms with van der Waals surface area (Å²) < 4.78 is 40.9. The van der Waals surface area contributed by atoms with Crippen LogP contribution in [0.25, 0.3) is 28.0 Å². The Morgan fingerprint density at radius 3 is 2.32 bits per heavy atom. The van der Waals surface area contributed by atoms with Gasteiger partial charge in [-0.3, -0.25) is 4.98 Å². The van der Waals surface area contributed by atoms with Gasteiger partial charge in [-0.2, -0.15) is 22.8 Å². The predicted octanol–water partition coefficient (Wildman–Crippen LogP) is 5.34. The fourth-order valence-corrected chi connectivity index (χ4v) is 3.78. The largest absolute Gasteiger partial charge is 0.416 e. The molecule has 0 spiro atoms. The van der Waals surface area contributed by atoms with Crippen molar-refractivity contribution < 1.29 is 13.2 Å². The zero-order chi connectivity index (χ0) is 23.9. The Bertz CT molecular complexity index is 1530. The van der Waals surface area contributed by atoms with Crippen LogP contribution in [0.5, 0.6) is 0 Å². The summed E-state index contributed by atoms with van der Waals surface area (Å²) in [7, 11) is 0. The highest BCUT2D eigenvalue weighted by Crippen LogP contribution is 2.33. The average molecular weight is 482 g/mol. The summed E-state index contributed by atoms with van der Waals surface area (Å²) in [5.74, 6) is 0. The van der Waals surface area contributed by atoms with Gasteiger partial charge >= 0.3 is 11.9 Å². The van der Waals surface area contributed by atoms with Crippen LogP contribution in [0, 0.1) is 0 Å². The first-order chi connectivity index (χ1) is 16.3. The van der Waals surface area contributed by atoms with E-state index in [-0.39, 0.29) is 6.54 Å². The van der Waals surface area contributed by atoms with Gasteiger partial charge in [0.15, 0.2) is 5.65 Å². The summed E-state index contributed by atoms with van der Waals surface area (Å²) in [6.07, 6.45) is -1.23. The first-order valence-electron chi connectivity index (χ1n) is 10.1. The van der Waals surface area contributed by atoms with Crippen molar-refractivity contribution >= 4 is 17.2 Å². The second-order valence-corrected chi connectivity index (χ2v) is 7.96. The molecule has 170 valence electrons. The monoisotopic (exact) mass is 481 g/mol. The molecule has 3 heterocycles. The molecule has 0 amide bonds. The van der Waals surface area contributed by atoms with E-state index in [2.05, 4.69) is 15.2 Å². The molecule has 3 aromatic heterocycles. The second-order valence-electron chi connectivity index (χ2n) is 7.53. The highest BCUT2D eigenvalue weighted by Gasteiger charge is 2.30. The molecule has 0 fully saturated rings. The van der Waals surface area contributed by atoms with Gasteiger partial charge in [-0.1, -0.05) is 41.9 Å². The minimum absolute atomic E-state index is 0.0146. The Labute approximate surface area is 195 Å². The molecule has 34 heavy (non-hydrogen) atoms. The van der Waals surface area contributed by atoms with E-state index in [4.69, 9.17) is 11.6 Å². The standard InChI is InChI=1S/C24H15ClF3N5O/c25-18-10-6-16(7-11-18)21-19(20-3-1-2-12-29-20)13-30-33-22(21)31-32(23(33)34)14-15-4-8-17(9-5-15)24(26,27)28/h1-13H,14H2. The Morgan fingerprint density at radius 1 is 0.941 bits per heavy atom. The van der Waals surface area contributed by atoms with Crippen molar-refractivity contribution in [3.8, 4) is 22.4 Å². The molecule has 0 bridgehead atoms. The van der Waals surface area contributed by atoms with Gasteiger partial charge in [0.25, 0.3) is 0 Å². The third kappa shape index (κ3) is 4.06. The number of alkyl halides is 3. The fraction of sp³-hybridized carbons (Fsp3) is 0.0833. The lowest BCUT2D eigenvalue weighted by Crippen LogP contribution is -2.23. The highest BCUT2D eigenvalue weighted by molar-refractivity contribution is 6.30. The third-order valence-corrected chi connectivity index (χ3v) is 5.55. The van der Waals surface area contributed by atoms with Gasteiger partial charge < -0.3 is 0 Å². The Balaban J connectivity index is 1.65. The van der Waals surface area contributed by atoms with E-state index < -0.39 is 17.4 Å². The molecule has 5 aromatic rings.